The molecular formula is C20H22N6O. The van der Waals surface area contributed by atoms with Crippen LogP contribution in [0.1, 0.15) is 21.9 Å². The van der Waals surface area contributed by atoms with Gasteiger partial charge < -0.3 is 15.5 Å². The Hall–Kier alpha value is -3.48. The predicted octanol–water partition coefficient (Wildman–Crippen LogP) is 2.92. The number of carbonyl (C=O) groups is 1. The molecule has 0 unspecified atom stereocenters. The average molecular weight is 362 g/mol. The highest BCUT2D eigenvalue weighted by Gasteiger charge is 2.11. The minimum Gasteiger partial charge on any atom is -0.378 e. The van der Waals surface area contributed by atoms with Gasteiger partial charge in [0.05, 0.1) is 0 Å². The van der Waals surface area contributed by atoms with Gasteiger partial charge in [-0.1, -0.05) is 0 Å². The summed E-state index contributed by atoms with van der Waals surface area (Å²) in [4.78, 5) is 27.0. The van der Waals surface area contributed by atoms with E-state index in [9.17, 15) is 4.79 Å². The molecule has 3 rings (SSSR count). The molecule has 7 heteroatoms. The van der Waals surface area contributed by atoms with Crippen molar-refractivity contribution in [3.05, 3.63) is 71.9 Å². The number of rotatable bonds is 6. The third kappa shape index (κ3) is 5.01. The standard InChI is InChI=1S/C20H22N6O/c1-14-23-18(20(27)22-13-15-8-10-21-11-9-15)12-19(24-14)25-16-4-6-17(7-5-16)26(2)3/h4-12H,13H2,1-3H3,(H,22,27)(H,23,24,25). The lowest BCUT2D eigenvalue weighted by Crippen LogP contribution is -2.24. The monoisotopic (exact) mass is 362 g/mol. The van der Waals surface area contributed by atoms with Gasteiger partial charge in [-0.25, -0.2) is 9.97 Å². The molecule has 0 spiro atoms. The predicted molar refractivity (Wildman–Crippen MR) is 106 cm³/mol. The first-order chi connectivity index (χ1) is 13.0. The number of amides is 1. The van der Waals surface area contributed by atoms with E-state index in [2.05, 4.69) is 25.6 Å². The first-order valence-corrected chi connectivity index (χ1v) is 8.58. The summed E-state index contributed by atoms with van der Waals surface area (Å²) in [6, 6.07) is 13.3. The molecule has 1 aromatic carbocycles. The number of benzene rings is 1. The molecule has 2 heterocycles. The number of carbonyl (C=O) groups excluding carboxylic acids is 1. The van der Waals surface area contributed by atoms with E-state index in [-0.39, 0.29) is 5.91 Å². The van der Waals surface area contributed by atoms with Gasteiger partial charge in [0.25, 0.3) is 5.91 Å². The Labute approximate surface area is 158 Å². The molecule has 0 aliphatic rings. The van der Waals surface area contributed by atoms with E-state index < -0.39 is 0 Å². The van der Waals surface area contributed by atoms with Crippen molar-refractivity contribution < 1.29 is 4.79 Å². The summed E-state index contributed by atoms with van der Waals surface area (Å²) in [5, 5.41) is 6.09. The highest BCUT2D eigenvalue weighted by atomic mass is 16.1. The Balaban J connectivity index is 1.70. The lowest BCUT2D eigenvalue weighted by atomic mass is 10.2. The minimum atomic E-state index is -0.247. The van der Waals surface area contributed by atoms with Gasteiger partial charge >= 0.3 is 0 Å². The Morgan fingerprint density at radius 3 is 2.41 bits per heavy atom. The molecule has 0 aliphatic heterocycles. The topological polar surface area (TPSA) is 83.0 Å². The van der Waals surface area contributed by atoms with Crippen molar-refractivity contribution in [2.45, 2.75) is 13.5 Å². The molecule has 0 radical (unpaired) electrons. The molecular weight excluding hydrogens is 340 g/mol. The zero-order valence-corrected chi connectivity index (χ0v) is 15.6. The van der Waals surface area contributed by atoms with E-state index in [0.717, 1.165) is 16.9 Å². The van der Waals surface area contributed by atoms with Crippen LogP contribution >= 0.6 is 0 Å². The van der Waals surface area contributed by atoms with Crippen molar-refractivity contribution in [1.29, 1.82) is 0 Å². The highest BCUT2D eigenvalue weighted by Crippen LogP contribution is 2.19. The first-order valence-electron chi connectivity index (χ1n) is 8.58. The number of aryl methyl sites for hydroxylation is 1. The van der Waals surface area contributed by atoms with E-state index in [1.165, 1.54) is 0 Å². The van der Waals surface area contributed by atoms with Gasteiger partial charge in [-0.3, -0.25) is 9.78 Å². The first kappa shape index (κ1) is 18.3. The van der Waals surface area contributed by atoms with Gasteiger partial charge in [-0.15, -0.1) is 0 Å². The molecule has 0 fully saturated rings. The lowest BCUT2D eigenvalue weighted by molar-refractivity contribution is 0.0945. The normalized spacial score (nSPS) is 10.3. The van der Waals surface area contributed by atoms with E-state index in [4.69, 9.17) is 0 Å². The number of nitrogens with zero attached hydrogens (tertiary/aromatic N) is 4. The van der Waals surface area contributed by atoms with Crippen LogP contribution in [-0.4, -0.2) is 35.0 Å². The van der Waals surface area contributed by atoms with Crippen LogP contribution in [0.4, 0.5) is 17.2 Å². The lowest BCUT2D eigenvalue weighted by Gasteiger charge is -2.13. The van der Waals surface area contributed by atoms with Gasteiger partial charge in [0.15, 0.2) is 0 Å². The fourth-order valence-electron chi connectivity index (χ4n) is 2.51. The van der Waals surface area contributed by atoms with Crippen molar-refractivity contribution >= 4 is 23.1 Å². The van der Waals surface area contributed by atoms with Crippen LogP contribution in [0, 0.1) is 6.92 Å². The third-order valence-electron chi connectivity index (χ3n) is 3.93. The maximum absolute atomic E-state index is 12.4. The Bertz CT molecular complexity index is 910. The van der Waals surface area contributed by atoms with Crippen LogP contribution in [0.3, 0.4) is 0 Å². The van der Waals surface area contributed by atoms with Gasteiger partial charge in [-0.05, 0) is 48.9 Å². The van der Waals surface area contributed by atoms with Gasteiger partial charge in [-0.2, -0.15) is 0 Å². The van der Waals surface area contributed by atoms with Crippen LogP contribution < -0.4 is 15.5 Å². The van der Waals surface area contributed by atoms with Crippen molar-refractivity contribution in [1.82, 2.24) is 20.3 Å². The molecule has 3 aromatic rings. The van der Waals surface area contributed by atoms with Gasteiger partial charge in [0, 0.05) is 50.5 Å². The van der Waals surface area contributed by atoms with Crippen LogP contribution in [0.5, 0.6) is 0 Å². The largest absolute Gasteiger partial charge is 0.378 e. The summed E-state index contributed by atoms with van der Waals surface area (Å²) >= 11 is 0. The molecule has 0 saturated heterocycles. The molecule has 7 nitrogen and oxygen atoms in total. The molecule has 0 atom stereocenters. The number of hydrogen-bond donors (Lipinski definition) is 2. The van der Waals surface area contributed by atoms with E-state index in [0.29, 0.717) is 23.9 Å². The minimum absolute atomic E-state index is 0.247. The number of anilines is 3. The summed E-state index contributed by atoms with van der Waals surface area (Å²) in [5.41, 5.74) is 3.30. The second-order valence-electron chi connectivity index (χ2n) is 6.29. The van der Waals surface area contributed by atoms with Crippen LogP contribution in [0.15, 0.2) is 54.9 Å². The van der Waals surface area contributed by atoms with Gasteiger partial charge in [0.2, 0.25) is 0 Å². The molecule has 2 aromatic heterocycles. The Morgan fingerprint density at radius 1 is 1.04 bits per heavy atom. The second kappa shape index (κ2) is 8.27. The van der Waals surface area contributed by atoms with Crippen LogP contribution in [-0.2, 0) is 6.54 Å². The quantitative estimate of drug-likeness (QED) is 0.702. The van der Waals surface area contributed by atoms with Crippen LogP contribution in [0.25, 0.3) is 0 Å². The van der Waals surface area contributed by atoms with Crippen molar-refractivity contribution in [2.24, 2.45) is 0 Å². The molecule has 2 N–H and O–H groups in total. The van der Waals surface area contributed by atoms with Crippen LogP contribution in [0.2, 0.25) is 0 Å². The summed E-state index contributed by atoms with van der Waals surface area (Å²) in [7, 11) is 3.99. The molecule has 27 heavy (non-hydrogen) atoms. The third-order valence-corrected chi connectivity index (χ3v) is 3.93. The molecule has 1 amide bonds. The summed E-state index contributed by atoms with van der Waals surface area (Å²) in [6.07, 6.45) is 3.39. The van der Waals surface area contributed by atoms with Crippen molar-refractivity contribution in [2.75, 3.05) is 24.3 Å². The van der Waals surface area contributed by atoms with E-state index in [1.807, 2.05) is 55.4 Å². The number of hydrogen-bond acceptors (Lipinski definition) is 6. The number of nitrogens with one attached hydrogen (secondary N) is 2. The average Bonchev–Trinajstić information content (AvgIpc) is 2.67. The Morgan fingerprint density at radius 2 is 1.74 bits per heavy atom. The highest BCUT2D eigenvalue weighted by molar-refractivity contribution is 5.93. The molecule has 0 saturated carbocycles. The summed E-state index contributed by atoms with van der Waals surface area (Å²) < 4.78 is 0. The smallest absolute Gasteiger partial charge is 0.270 e. The SMILES string of the molecule is Cc1nc(Nc2ccc(N(C)C)cc2)cc(C(=O)NCc2ccncc2)n1. The maximum Gasteiger partial charge on any atom is 0.270 e. The Kier molecular flexibility index (Phi) is 5.61. The molecule has 138 valence electrons. The van der Waals surface area contributed by atoms with Gasteiger partial charge in [0.1, 0.15) is 17.3 Å². The second-order valence-corrected chi connectivity index (χ2v) is 6.29. The number of pyridine rings is 1. The zero-order valence-electron chi connectivity index (χ0n) is 15.6. The summed E-state index contributed by atoms with van der Waals surface area (Å²) in [5.74, 6) is 0.858. The number of aromatic nitrogens is 3. The fourth-order valence-corrected chi connectivity index (χ4v) is 2.51. The van der Waals surface area contributed by atoms with Crippen molar-refractivity contribution in [3.63, 3.8) is 0 Å². The van der Waals surface area contributed by atoms with E-state index >= 15 is 0 Å². The zero-order chi connectivity index (χ0) is 19.2. The fraction of sp³-hybridized carbons (Fsp3) is 0.200. The molecule has 0 aliphatic carbocycles. The maximum atomic E-state index is 12.4. The van der Waals surface area contributed by atoms with Crippen molar-refractivity contribution in [3.8, 4) is 0 Å². The van der Waals surface area contributed by atoms with E-state index in [1.54, 1.807) is 25.4 Å². The summed E-state index contributed by atoms with van der Waals surface area (Å²) in [6.45, 7) is 2.18. The molecule has 0 bridgehead atoms.